The van der Waals surface area contributed by atoms with Crippen LogP contribution in [-0.2, 0) is 9.59 Å². The third-order valence-corrected chi connectivity index (χ3v) is 6.78. The van der Waals surface area contributed by atoms with Crippen LogP contribution in [0, 0.1) is 23.7 Å². The average molecular weight is 405 g/mol. The van der Waals surface area contributed by atoms with Crippen LogP contribution in [-0.4, -0.2) is 31.3 Å². The van der Waals surface area contributed by atoms with Gasteiger partial charge in [-0.25, -0.2) is 0 Å². The Hall–Kier alpha value is -3.15. The number of hydrogen-bond donors (Lipinski definition) is 0. The van der Waals surface area contributed by atoms with Crippen molar-refractivity contribution in [2.45, 2.75) is 19.3 Å². The van der Waals surface area contributed by atoms with Gasteiger partial charge in [-0.15, -0.1) is 0 Å². The van der Waals surface area contributed by atoms with Crippen molar-refractivity contribution in [1.82, 2.24) is 0 Å². The molecule has 30 heavy (non-hydrogen) atoms. The Kier molecular flexibility index (Phi) is 4.57. The highest BCUT2D eigenvalue weighted by Crippen LogP contribution is 2.56. The summed E-state index contributed by atoms with van der Waals surface area (Å²) in [5, 5.41) is 0. The van der Waals surface area contributed by atoms with Gasteiger partial charge >= 0.3 is 0 Å². The van der Waals surface area contributed by atoms with Crippen LogP contribution in [0.3, 0.4) is 0 Å². The minimum Gasteiger partial charge on any atom is -0.497 e. The van der Waals surface area contributed by atoms with Gasteiger partial charge in [0, 0.05) is 5.56 Å². The second-order valence-corrected chi connectivity index (χ2v) is 8.33. The Morgan fingerprint density at radius 3 is 2.27 bits per heavy atom. The molecular formula is C24H23NO5. The molecule has 2 aromatic rings. The molecule has 1 aliphatic heterocycles. The maximum Gasteiger partial charge on any atom is 0.237 e. The number of ketones is 1. The van der Waals surface area contributed by atoms with Gasteiger partial charge in [0.2, 0.25) is 11.8 Å². The molecule has 0 unspecified atom stereocenters. The number of methoxy groups -OCH3 is 1. The van der Waals surface area contributed by atoms with E-state index in [4.69, 9.17) is 9.47 Å². The third kappa shape index (κ3) is 2.98. The summed E-state index contributed by atoms with van der Waals surface area (Å²) < 4.78 is 10.7. The van der Waals surface area contributed by atoms with Crippen LogP contribution in [0.2, 0.25) is 0 Å². The van der Waals surface area contributed by atoms with E-state index >= 15 is 0 Å². The first-order valence-electron chi connectivity index (χ1n) is 10.3. The minimum absolute atomic E-state index is 0.0564. The fourth-order valence-electron chi connectivity index (χ4n) is 5.38. The Morgan fingerprint density at radius 2 is 1.63 bits per heavy atom. The summed E-state index contributed by atoms with van der Waals surface area (Å²) >= 11 is 0. The van der Waals surface area contributed by atoms with Crippen molar-refractivity contribution in [2.75, 3.05) is 18.6 Å². The predicted octanol–water partition coefficient (Wildman–Crippen LogP) is 3.49. The number of nitrogens with zero attached hydrogens (tertiary/aromatic N) is 1. The third-order valence-electron chi connectivity index (χ3n) is 6.78. The number of rotatable bonds is 6. The van der Waals surface area contributed by atoms with E-state index in [2.05, 4.69) is 0 Å². The first-order chi connectivity index (χ1) is 14.6. The summed E-state index contributed by atoms with van der Waals surface area (Å²) in [6.07, 6.45) is 3.15. The maximum atomic E-state index is 12.9. The van der Waals surface area contributed by atoms with Crippen LogP contribution in [0.25, 0.3) is 0 Å². The Morgan fingerprint density at radius 1 is 0.967 bits per heavy atom. The lowest BCUT2D eigenvalue weighted by Crippen LogP contribution is -2.32. The molecule has 6 nitrogen and oxygen atoms in total. The monoisotopic (exact) mass is 405 g/mol. The standard InChI is InChI=1S/C24H23NO5/c1-29-19-4-2-3-14(12-19)20(26)13-30-18-9-7-17(8-10-18)25-23(27)21-15-5-6-16(11-15)22(21)24(25)28/h2-4,7-10,12,15-16,21-22H,5-6,11,13H2,1H3/t15-,16-,21+,22+/m0/s1. The van der Waals surface area contributed by atoms with E-state index in [1.165, 1.54) is 4.90 Å². The number of Topliss-reactive ketones (excluding diaryl/α,β-unsaturated/α-hetero) is 1. The number of imide groups is 1. The van der Waals surface area contributed by atoms with E-state index < -0.39 is 0 Å². The lowest BCUT2D eigenvalue weighted by atomic mass is 9.81. The van der Waals surface area contributed by atoms with Crippen LogP contribution in [0.4, 0.5) is 5.69 Å². The fourth-order valence-corrected chi connectivity index (χ4v) is 5.38. The van der Waals surface area contributed by atoms with Crippen LogP contribution in [0.5, 0.6) is 11.5 Å². The summed E-state index contributed by atoms with van der Waals surface area (Å²) in [5.74, 6) is 1.32. The van der Waals surface area contributed by atoms with Crippen molar-refractivity contribution < 1.29 is 23.9 Å². The number of carbonyl (C=O) groups excluding carboxylic acids is 3. The van der Waals surface area contributed by atoms with Gasteiger partial charge in [0.1, 0.15) is 11.5 Å². The summed E-state index contributed by atoms with van der Waals surface area (Å²) in [5.41, 5.74) is 1.09. The maximum absolute atomic E-state index is 12.9. The van der Waals surface area contributed by atoms with Gasteiger partial charge in [-0.3, -0.25) is 19.3 Å². The normalized spacial score (nSPS) is 26.8. The average Bonchev–Trinajstić information content (AvgIpc) is 3.46. The lowest BCUT2D eigenvalue weighted by molar-refractivity contribution is -0.123. The minimum atomic E-state index is -0.161. The Bertz CT molecular complexity index is 987. The van der Waals surface area contributed by atoms with Crippen molar-refractivity contribution in [3.05, 3.63) is 54.1 Å². The van der Waals surface area contributed by atoms with Gasteiger partial charge in [0.05, 0.1) is 24.6 Å². The molecule has 3 fully saturated rings. The van der Waals surface area contributed by atoms with E-state index in [0.29, 0.717) is 34.6 Å². The molecule has 2 aromatic carbocycles. The zero-order valence-corrected chi connectivity index (χ0v) is 16.7. The Balaban J connectivity index is 1.25. The topological polar surface area (TPSA) is 72.9 Å². The molecule has 0 radical (unpaired) electrons. The highest BCUT2D eigenvalue weighted by atomic mass is 16.5. The largest absolute Gasteiger partial charge is 0.497 e. The highest BCUT2D eigenvalue weighted by Gasteiger charge is 2.61. The van der Waals surface area contributed by atoms with E-state index in [1.807, 2.05) is 0 Å². The fraction of sp³-hybridized carbons (Fsp3) is 0.375. The number of fused-ring (bicyclic) bond motifs is 5. The van der Waals surface area contributed by atoms with Gasteiger partial charge in [0.15, 0.2) is 12.4 Å². The smallest absolute Gasteiger partial charge is 0.237 e. The lowest BCUT2D eigenvalue weighted by Gasteiger charge is -2.19. The number of carbonyl (C=O) groups is 3. The molecule has 0 spiro atoms. The molecule has 6 heteroatoms. The van der Waals surface area contributed by atoms with Crippen LogP contribution < -0.4 is 14.4 Å². The van der Waals surface area contributed by atoms with E-state index in [1.54, 1.807) is 55.6 Å². The summed E-state index contributed by atoms with van der Waals surface area (Å²) in [4.78, 5) is 39.5. The molecule has 2 aliphatic carbocycles. The molecule has 4 atom stereocenters. The van der Waals surface area contributed by atoms with Crippen molar-refractivity contribution in [3.8, 4) is 11.5 Å². The van der Waals surface area contributed by atoms with Crippen molar-refractivity contribution >= 4 is 23.3 Å². The number of anilines is 1. The SMILES string of the molecule is COc1cccc(C(=O)COc2ccc(N3C(=O)[C@@H]4[C@H]5CC[C@@H](C5)[C@H]4C3=O)cc2)c1. The van der Waals surface area contributed by atoms with Crippen molar-refractivity contribution in [2.24, 2.45) is 23.7 Å². The van der Waals surface area contributed by atoms with Gasteiger partial charge < -0.3 is 9.47 Å². The predicted molar refractivity (Wildman–Crippen MR) is 110 cm³/mol. The van der Waals surface area contributed by atoms with Crippen LogP contribution >= 0.6 is 0 Å². The summed E-state index contributed by atoms with van der Waals surface area (Å²) in [7, 11) is 1.55. The number of benzene rings is 2. The van der Waals surface area contributed by atoms with Gasteiger partial charge in [0.25, 0.3) is 0 Å². The number of hydrogen-bond acceptors (Lipinski definition) is 5. The molecule has 0 N–H and O–H groups in total. The molecular weight excluding hydrogens is 382 g/mol. The molecule has 0 aromatic heterocycles. The molecule has 154 valence electrons. The Labute approximate surface area is 174 Å². The molecule has 1 heterocycles. The van der Waals surface area contributed by atoms with E-state index in [9.17, 15) is 14.4 Å². The molecule has 2 amide bonds. The van der Waals surface area contributed by atoms with Crippen LogP contribution in [0.15, 0.2) is 48.5 Å². The second-order valence-electron chi connectivity index (χ2n) is 8.33. The van der Waals surface area contributed by atoms with E-state index in [-0.39, 0.29) is 36.0 Å². The van der Waals surface area contributed by atoms with Crippen molar-refractivity contribution in [1.29, 1.82) is 0 Å². The zero-order valence-electron chi connectivity index (χ0n) is 16.7. The summed E-state index contributed by atoms with van der Waals surface area (Å²) in [6.45, 7) is -0.110. The van der Waals surface area contributed by atoms with E-state index in [0.717, 1.165) is 19.3 Å². The number of ether oxygens (including phenoxy) is 2. The van der Waals surface area contributed by atoms with Crippen molar-refractivity contribution in [3.63, 3.8) is 0 Å². The molecule has 2 saturated carbocycles. The molecule has 2 bridgehead atoms. The van der Waals surface area contributed by atoms with Gasteiger partial charge in [-0.05, 0) is 67.5 Å². The first-order valence-corrected chi connectivity index (χ1v) is 10.3. The molecule has 5 rings (SSSR count). The molecule has 1 saturated heterocycles. The first kappa shape index (κ1) is 18.9. The zero-order chi connectivity index (χ0) is 20.8. The summed E-state index contributed by atoms with van der Waals surface area (Å²) in [6, 6.07) is 13.7. The number of amides is 2. The van der Waals surface area contributed by atoms with Gasteiger partial charge in [-0.1, -0.05) is 12.1 Å². The second kappa shape index (κ2) is 7.27. The van der Waals surface area contributed by atoms with Crippen LogP contribution in [0.1, 0.15) is 29.6 Å². The quantitative estimate of drug-likeness (QED) is 0.543. The van der Waals surface area contributed by atoms with Gasteiger partial charge in [-0.2, -0.15) is 0 Å². The highest BCUT2D eigenvalue weighted by molar-refractivity contribution is 6.22. The molecule has 3 aliphatic rings.